The molecule has 5 N–H and O–H groups in total. The molecule has 13 atom stereocenters. The van der Waals surface area contributed by atoms with Gasteiger partial charge < -0.3 is 78.3 Å². The molecule has 0 spiro atoms. The van der Waals surface area contributed by atoms with Crippen LogP contribution in [0.15, 0.2) is 22.8 Å². The topological polar surface area (TPSA) is 451 Å². The molecular weight excluding hydrogens is 1510 g/mol. The van der Waals surface area contributed by atoms with Crippen LogP contribution in [0.1, 0.15) is 302 Å². The molecule has 3 amide bonds. The molecular formula is C84H131N3O29. The van der Waals surface area contributed by atoms with Crippen molar-refractivity contribution in [1.29, 1.82) is 0 Å². The minimum atomic E-state index is -2.98. The fourth-order valence-corrected chi connectivity index (χ4v) is 13.4. The van der Waals surface area contributed by atoms with Crippen molar-refractivity contribution >= 4 is 95.0 Å². The first kappa shape index (κ1) is 102. The van der Waals surface area contributed by atoms with E-state index < -0.39 is 257 Å². The molecule has 0 aromatic heterocycles. The first-order valence-electron chi connectivity index (χ1n) is 40.0. The molecule has 116 heavy (non-hydrogen) atoms. The summed E-state index contributed by atoms with van der Waals surface area (Å²) >= 11 is 0. The molecule has 1 aliphatic heterocycles. The predicted octanol–water partition coefficient (Wildman–Crippen LogP) is 9.71. The van der Waals surface area contributed by atoms with E-state index in [0.717, 1.165) is 33.1 Å². The number of carbonyl (C=O) groups is 16. The van der Waals surface area contributed by atoms with Crippen LogP contribution in [0, 0.1) is 17.8 Å². The zero-order chi connectivity index (χ0) is 89.0. The largest absolute Gasteiger partial charge is 0.460 e. The summed E-state index contributed by atoms with van der Waals surface area (Å²) in [5.74, 6) is -17.4. The molecule has 0 radical (unpaired) electrons. The van der Waals surface area contributed by atoms with E-state index >= 15 is 0 Å². The summed E-state index contributed by atoms with van der Waals surface area (Å²) in [5, 5.41) is 32.5. The molecule has 2 aliphatic carbocycles. The number of hydrogen-bond donors (Lipinski definition) is 5. The van der Waals surface area contributed by atoms with Crippen molar-refractivity contribution in [2.45, 2.75) is 394 Å². The van der Waals surface area contributed by atoms with Gasteiger partial charge in [-0.3, -0.25) is 52.7 Å². The number of esters is 10. The lowest BCUT2D eigenvalue weighted by molar-refractivity contribution is -0.212. The average molecular weight is 1650 g/mol. The van der Waals surface area contributed by atoms with Gasteiger partial charge in [0, 0.05) is 76.7 Å². The smallest absolute Gasteiger partial charge is 0.408 e. The maximum Gasteiger partial charge on any atom is 0.408 e. The van der Waals surface area contributed by atoms with Gasteiger partial charge in [-0.25, -0.2) is 24.0 Å². The molecule has 32 heteroatoms. The average Bonchev–Trinajstić information content (AvgIpc) is 1.52. The number of ether oxygens (including phenoxy) is 11. The van der Waals surface area contributed by atoms with Gasteiger partial charge >= 0.3 is 65.8 Å². The standard InChI is InChI=1S/C84H131N3O29/c1-26-28-29-30-31-32-60(93)107-66-64-63(48(4)65(66)108-69(97)47(3)27-2)67-84(105,83(25,104)74(102)109-67)58(46-82(64,24)110-49(5)88)106-61(94)42-37-54(91)45-57(87-75(103)116-81(21,22)23)68(96)86-56(73(101)115-80(18,19)20)39-36-53(90)43-50(70(98)112-77(9,10)11)33-40-59(92)85-55(72(100)114-79(15,16)17)38-35-52(89)44-51(71(99)113-78(12,13)14)34-41-62(95)111-76(6,7)8/h27,50-51,55-58,64-67,104-105H,26,28-46H2,1-25H3,(H,85,92)(H,86,96)(H,87,103)/b47-27-/t50-,51-,55+,56+,57+,58+,64-,65+,66+,67+,82+,83-,84-/m1/s1. The van der Waals surface area contributed by atoms with Gasteiger partial charge in [0.05, 0.1) is 24.2 Å². The molecule has 0 aromatic rings. The molecule has 656 valence electrons. The maximum absolute atomic E-state index is 14.6. The molecule has 0 unspecified atom stereocenters. The lowest BCUT2D eigenvalue weighted by Crippen LogP contribution is -2.64. The predicted molar refractivity (Wildman–Crippen MR) is 417 cm³/mol. The van der Waals surface area contributed by atoms with E-state index in [1.807, 2.05) is 6.92 Å². The summed E-state index contributed by atoms with van der Waals surface area (Å²) in [6.07, 6.45) is -10.3. The highest BCUT2D eigenvalue weighted by atomic mass is 16.6. The second-order valence-electron chi connectivity index (χ2n) is 36.7. The number of Topliss-reactive ketones (excluding diaryl/α,β-unsaturated/α-hetero) is 3. The summed E-state index contributed by atoms with van der Waals surface area (Å²) in [5.41, 5.74) is -14.1. The number of hydrogen-bond acceptors (Lipinski definition) is 29. The highest BCUT2D eigenvalue weighted by Crippen LogP contribution is 2.58. The monoisotopic (exact) mass is 1650 g/mol. The Labute approximate surface area is 682 Å². The van der Waals surface area contributed by atoms with Crippen molar-refractivity contribution in [3.63, 3.8) is 0 Å². The third kappa shape index (κ3) is 33.0. The number of unbranched alkanes of at least 4 members (excludes halogenated alkanes) is 4. The van der Waals surface area contributed by atoms with Gasteiger partial charge in [0.25, 0.3) is 0 Å². The number of ketones is 3. The van der Waals surface area contributed by atoms with E-state index in [9.17, 15) is 86.9 Å². The van der Waals surface area contributed by atoms with Gasteiger partial charge in [0.2, 0.25) is 11.8 Å². The van der Waals surface area contributed by atoms with Crippen LogP contribution in [0.3, 0.4) is 0 Å². The number of rotatable bonds is 40. The zero-order valence-electron chi connectivity index (χ0n) is 72.9. The first-order chi connectivity index (χ1) is 52.9. The fraction of sp³-hybridized carbons (Fsp3) is 0.762. The van der Waals surface area contributed by atoms with Crippen molar-refractivity contribution in [2.24, 2.45) is 17.8 Å². The van der Waals surface area contributed by atoms with E-state index in [0.29, 0.717) is 12.8 Å². The van der Waals surface area contributed by atoms with Crippen molar-refractivity contribution in [1.82, 2.24) is 16.0 Å². The van der Waals surface area contributed by atoms with Crippen LogP contribution in [-0.2, 0) is 124 Å². The van der Waals surface area contributed by atoms with Crippen LogP contribution >= 0.6 is 0 Å². The van der Waals surface area contributed by atoms with Crippen LogP contribution in [0.5, 0.6) is 0 Å². The molecule has 3 rings (SSSR count). The number of fused-ring (bicyclic) bond motifs is 3. The van der Waals surface area contributed by atoms with Crippen molar-refractivity contribution in [3.05, 3.63) is 22.8 Å². The Kier molecular flexibility index (Phi) is 36.9. The van der Waals surface area contributed by atoms with Gasteiger partial charge in [-0.15, -0.1) is 0 Å². The Morgan fingerprint density at radius 1 is 0.509 bits per heavy atom. The van der Waals surface area contributed by atoms with E-state index in [4.69, 9.17) is 52.1 Å². The minimum absolute atomic E-state index is 0.0750. The maximum atomic E-state index is 14.6. The third-order valence-corrected chi connectivity index (χ3v) is 18.8. The van der Waals surface area contributed by atoms with E-state index in [2.05, 4.69) is 16.0 Å². The van der Waals surface area contributed by atoms with Crippen LogP contribution in [0.25, 0.3) is 0 Å². The molecule has 2 fully saturated rings. The van der Waals surface area contributed by atoms with E-state index in [-0.39, 0.29) is 61.7 Å². The van der Waals surface area contributed by atoms with Crippen molar-refractivity contribution in [2.75, 3.05) is 0 Å². The Bertz CT molecular complexity index is 3640. The third-order valence-electron chi connectivity index (χ3n) is 18.8. The summed E-state index contributed by atoms with van der Waals surface area (Å²) in [6.45, 7) is 38.3. The van der Waals surface area contributed by atoms with Gasteiger partial charge in [-0.1, -0.05) is 38.7 Å². The van der Waals surface area contributed by atoms with E-state index in [1.54, 1.807) is 90.0 Å². The van der Waals surface area contributed by atoms with Crippen LogP contribution in [-0.4, -0.2) is 198 Å². The number of amides is 3. The molecule has 1 saturated carbocycles. The summed E-state index contributed by atoms with van der Waals surface area (Å²) in [4.78, 5) is 221. The van der Waals surface area contributed by atoms with Crippen LogP contribution < -0.4 is 16.0 Å². The lowest BCUT2D eigenvalue weighted by atomic mass is 9.75. The highest BCUT2D eigenvalue weighted by molar-refractivity contribution is 5.95. The Balaban J connectivity index is 1.98. The van der Waals surface area contributed by atoms with Crippen LogP contribution in [0.4, 0.5) is 4.79 Å². The van der Waals surface area contributed by atoms with Gasteiger partial charge in [-0.05, 0) is 202 Å². The molecule has 32 nitrogen and oxygen atoms in total. The van der Waals surface area contributed by atoms with Crippen molar-refractivity contribution in [3.8, 4) is 0 Å². The Hall–Kier alpha value is -8.68. The first-order valence-corrected chi connectivity index (χ1v) is 40.0. The quantitative estimate of drug-likeness (QED) is 0.0125. The number of aliphatic hydroxyl groups is 2. The van der Waals surface area contributed by atoms with Gasteiger partial charge in [0.15, 0.2) is 29.5 Å². The fourth-order valence-electron chi connectivity index (χ4n) is 13.4. The number of alkyl carbamates (subject to hydrolysis) is 1. The van der Waals surface area contributed by atoms with Gasteiger partial charge in [0.1, 0.15) is 80.8 Å². The van der Waals surface area contributed by atoms with Gasteiger partial charge in [-0.2, -0.15) is 0 Å². The Morgan fingerprint density at radius 3 is 1.44 bits per heavy atom. The molecule has 1 saturated heterocycles. The normalized spacial score (nSPS) is 22.3. The second-order valence-corrected chi connectivity index (χ2v) is 36.7. The summed E-state index contributed by atoms with van der Waals surface area (Å²) < 4.78 is 63.3. The zero-order valence-corrected chi connectivity index (χ0v) is 72.9. The van der Waals surface area contributed by atoms with Crippen LogP contribution in [0.2, 0.25) is 0 Å². The highest BCUT2D eigenvalue weighted by Gasteiger charge is 2.76. The lowest BCUT2D eigenvalue weighted by Gasteiger charge is -2.41. The molecule has 0 aromatic carbocycles. The Morgan fingerprint density at radius 2 is 0.966 bits per heavy atom. The number of nitrogens with one attached hydrogen (secondary N) is 3. The summed E-state index contributed by atoms with van der Waals surface area (Å²) in [6, 6.07) is -5.07. The second kappa shape index (κ2) is 42.1. The molecule has 0 bridgehead atoms. The van der Waals surface area contributed by atoms with E-state index in [1.165, 1.54) is 68.4 Å². The molecule has 1 heterocycles. The number of allylic oxidation sites excluding steroid dienone is 1. The molecule has 3 aliphatic rings. The number of carbonyl (C=O) groups excluding carboxylic acids is 16. The van der Waals surface area contributed by atoms with Crippen molar-refractivity contribution < 1.29 is 139 Å². The minimum Gasteiger partial charge on any atom is -0.460 e. The summed E-state index contributed by atoms with van der Waals surface area (Å²) in [7, 11) is 0. The SMILES string of the molecule is C/C=C(/C)C(=O)O[C@H]1C(C)=C2[C@H]([C@@H]1OC(=O)CCCCCCC)[C@@](C)(OC(C)=O)C[C@H](OC(=O)CCC(=O)C[C@H](NC(=O)OC(C)(C)C)C(=O)N[C@@H](CCC(=O)C[C@@H](CCC(=O)N[C@@H](CCC(=O)C[C@@H](CCC(=O)OC(C)(C)C)C(=O)OC(C)(C)C)C(=O)OC(C)(C)C)C(=O)OC(C)(C)C)C(=O)OC(C)(C)C)[C@@]1(O)[C@H]2OC(=O)[C@@]1(C)O.